The summed E-state index contributed by atoms with van der Waals surface area (Å²) in [6.07, 6.45) is 2.20. The summed E-state index contributed by atoms with van der Waals surface area (Å²) < 4.78 is 0. The monoisotopic (exact) mass is 274 g/mol. The molecule has 3 nitrogen and oxygen atoms in total. The summed E-state index contributed by atoms with van der Waals surface area (Å²) >= 11 is 0. The maximum Gasteiger partial charge on any atom is 0.253 e. The number of hydrogen-bond donors (Lipinski definition) is 1. The SMILES string of the molecule is Cc1cc(C(=O)N2CCC(C(C)(C)C)CC2)ccc1N. The van der Waals surface area contributed by atoms with E-state index in [4.69, 9.17) is 5.73 Å². The van der Waals surface area contributed by atoms with Crippen LogP contribution in [-0.4, -0.2) is 23.9 Å². The van der Waals surface area contributed by atoms with E-state index in [0.717, 1.165) is 42.7 Å². The fraction of sp³-hybridized carbons (Fsp3) is 0.588. The van der Waals surface area contributed by atoms with Gasteiger partial charge in [0, 0.05) is 24.3 Å². The molecule has 1 heterocycles. The Hall–Kier alpha value is -1.51. The van der Waals surface area contributed by atoms with Crippen molar-refractivity contribution in [3.63, 3.8) is 0 Å². The molecule has 2 N–H and O–H groups in total. The predicted molar refractivity (Wildman–Crippen MR) is 83.7 cm³/mol. The van der Waals surface area contributed by atoms with E-state index in [1.54, 1.807) is 0 Å². The Kier molecular flexibility index (Phi) is 4.07. The van der Waals surface area contributed by atoms with E-state index in [2.05, 4.69) is 20.8 Å². The Labute approximate surface area is 122 Å². The van der Waals surface area contributed by atoms with Crippen LogP contribution in [0.15, 0.2) is 18.2 Å². The largest absolute Gasteiger partial charge is 0.399 e. The molecule has 20 heavy (non-hydrogen) atoms. The Balaban J connectivity index is 2.03. The van der Waals surface area contributed by atoms with Crippen molar-refractivity contribution in [2.45, 2.75) is 40.5 Å². The number of likely N-dealkylation sites (tertiary alicyclic amines) is 1. The highest BCUT2D eigenvalue weighted by Gasteiger charge is 2.30. The second-order valence-corrected chi connectivity index (χ2v) is 7.00. The van der Waals surface area contributed by atoms with Crippen LogP contribution in [0.25, 0.3) is 0 Å². The Morgan fingerprint density at radius 1 is 1.25 bits per heavy atom. The molecule has 0 aromatic heterocycles. The van der Waals surface area contributed by atoms with E-state index in [9.17, 15) is 4.79 Å². The van der Waals surface area contributed by atoms with Gasteiger partial charge in [0.1, 0.15) is 0 Å². The zero-order chi connectivity index (χ0) is 14.9. The van der Waals surface area contributed by atoms with Crippen molar-refractivity contribution in [3.05, 3.63) is 29.3 Å². The molecule has 0 bridgehead atoms. The topological polar surface area (TPSA) is 46.3 Å². The van der Waals surface area contributed by atoms with E-state index in [1.807, 2.05) is 30.0 Å². The number of carbonyl (C=O) groups excluding carboxylic acids is 1. The quantitative estimate of drug-likeness (QED) is 0.797. The highest BCUT2D eigenvalue weighted by molar-refractivity contribution is 5.94. The summed E-state index contributed by atoms with van der Waals surface area (Å²) in [7, 11) is 0. The van der Waals surface area contributed by atoms with E-state index in [0.29, 0.717) is 11.3 Å². The second-order valence-electron chi connectivity index (χ2n) is 7.00. The number of benzene rings is 1. The van der Waals surface area contributed by atoms with Gasteiger partial charge in [-0.1, -0.05) is 20.8 Å². The zero-order valence-electron chi connectivity index (χ0n) is 13.1. The molecule has 0 saturated carbocycles. The maximum atomic E-state index is 12.5. The van der Waals surface area contributed by atoms with Gasteiger partial charge in [0.25, 0.3) is 5.91 Å². The fourth-order valence-electron chi connectivity index (χ4n) is 2.94. The molecule has 1 aromatic carbocycles. The lowest BCUT2D eigenvalue weighted by atomic mass is 9.75. The van der Waals surface area contributed by atoms with E-state index < -0.39 is 0 Å². The highest BCUT2D eigenvalue weighted by Crippen LogP contribution is 2.34. The van der Waals surface area contributed by atoms with Gasteiger partial charge in [0.2, 0.25) is 0 Å². The molecule has 110 valence electrons. The Bertz CT molecular complexity index is 494. The standard InChI is InChI=1S/C17H26N2O/c1-12-11-13(5-6-15(12)18)16(20)19-9-7-14(8-10-19)17(2,3)4/h5-6,11,14H,7-10,18H2,1-4H3. The molecular formula is C17H26N2O. The zero-order valence-corrected chi connectivity index (χ0v) is 13.1. The molecule has 0 aliphatic carbocycles. The third-order valence-corrected chi connectivity index (χ3v) is 4.52. The molecule has 1 aliphatic rings. The number of rotatable bonds is 1. The molecule has 0 spiro atoms. The van der Waals surface area contributed by atoms with Gasteiger partial charge in [-0.15, -0.1) is 0 Å². The van der Waals surface area contributed by atoms with Gasteiger partial charge in [-0.05, 0) is 54.9 Å². The van der Waals surface area contributed by atoms with Crippen LogP contribution in [0.5, 0.6) is 0 Å². The van der Waals surface area contributed by atoms with Crippen molar-refractivity contribution >= 4 is 11.6 Å². The van der Waals surface area contributed by atoms with Crippen molar-refractivity contribution in [2.75, 3.05) is 18.8 Å². The van der Waals surface area contributed by atoms with Gasteiger partial charge in [-0.2, -0.15) is 0 Å². The molecule has 1 fully saturated rings. The minimum Gasteiger partial charge on any atom is -0.399 e. The lowest BCUT2D eigenvalue weighted by Gasteiger charge is -2.38. The van der Waals surface area contributed by atoms with Crippen molar-refractivity contribution in [1.82, 2.24) is 4.90 Å². The predicted octanol–water partition coefficient (Wildman–Crippen LogP) is 3.48. The van der Waals surface area contributed by atoms with Gasteiger partial charge in [0.15, 0.2) is 0 Å². The first kappa shape index (κ1) is 14.9. The Morgan fingerprint density at radius 2 is 1.85 bits per heavy atom. The first-order chi connectivity index (χ1) is 9.29. The van der Waals surface area contributed by atoms with Gasteiger partial charge in [0.05, 0.1) is 0 Å². The van der Waals surface area contributed by atoms with E-state index >= 15 is 0 Å². The average molecular weight is 274 g/mol. The number of piperidine rings is 1. The molecule has 0 atom stereocenters. The normalized spacial score (nSPS) is 17.3. The van der Waals surface area contributed by atoms with Crippen LogP contribution >= 0.6 is 0 Å². The van der Waals surface area contributed by atoms with Crippen molar-refractivity contribution in [1.29, 1.82) is 0 Å². The number of anilines is 1. The van der Waals surface area contributed by atoms with Crippen LogP contribution < -0.4 is 5.73 Å². The minimum absolute atomic E-state index is 0.139. The molecule has 1 aromatic rings. The van der Waals surface area contributed by atoms with Crippen LogP contribution in [0, 0.1) is 18.3 Å². The van der Waals surface area contributed by atoms with Crippen molar-refractivity contribution in [2.24, 2.45) is 11.3 Å². The van der Waals surface area contributed by atoms with Gasteiger partial charge < -0.3 is 10.6 Å². The summed E-state index contributed by atoms with van der Waals surface area (Å²) in [6, 6.07) is 5.55. The second kappa shape index (κ2) is 5.47. The third-order valence-electron chi connectivity index (χ3n) is 4.52. The van der Waals surface area contributed by atoms with Crippen molar-refractivity contribution in [3.8, 4) is 0 Å². The molecule has 1 amide bonds. The molecule has 3 heteroatoms. The molecule has 0 unspecified atom stereocenters. The first-order valence-electron chi connectivity index (χ1n) is 7.44. The fourth-order valence-corrected chi connectivity index (χ4v) is 2.94. The Morgan fingerprint density at radius 3 is 2.35 bits per heavy atom. The molecule has 1 aliphatic heterocycles. The molecule has 0 radical (unpaired) electrons. The van der Waals surface area contributed by atoms with Crippen LogP contribution in [0.4, 0.5) is 5.69 Å². The van der Waals surface area contributed by atoms with E-state index in [-0.39, 0.29) is 5.91 Å². The first-order valence-corrected chi connectivity index (χ1v) is 7.44. The minimum atomic E-state index is 0.139. The summed E-state index contributed by atoms with van der Waals surface area (Å²) in [5.74, 6) is 0.847. The number of nitrogens with zero attached hydrogens (tertiary/aromatic N) is 1. The van der Waals surface area contributed by atoms with Crippen LogP contribution in [0.1, 0.15) is 49.5 Å². The highest BCUT2D eigenvalue weighted by atomic mass is 16.2. The summed E-state index contributed by atoms with van der Waals surface area (Å²) in [6.45, 7) is 10.5. The molecule has 1 saturated heterocycles. The van der Waals surface area contributed by atoms with Gasteiger partial charge in [-0.25, -0.2) is 0 Å². The average Bonchev–Trinajstić information content (AvgIpc) is 2.40. The number of hydrogen-bond acceptors (Lipinski definition) is 2. The van der Waals surface area contributed by atoms with Crippen LogP contribution in [-0.2, 0) is 0 Å². The summed E-state index contributed by atoms with van der Waals surface area (Å²) in [4.78, 5) is 14.5. The molecule has 2 rings (SSSR count). The summed E-state index contributed by atoms with van der Waals surface area (Å²) in [5, 5.41) is 0. The number of amides is 1. The van der Waals surface area contributed by atoms with E-state index in [1.165, 1.54) is 0 Å². The lowest BCUT2D eigenvalue weighted by Crippen LogP contribution is -2.41. The maximum absolute atomic E-state index is 12.5. The lowest BCUT2D eigenvalue weighted by molar-refractivity contribution is 0.0608. The molecular weight excluding hydrogens is 248 g/mol. The van der Waals surface area contributed by atoms with Gasteiger partial charge in [-0.3, -0.25) is 4.79 Å². The van der Waals surface area contributed by atoms with Crippen molar-refractivity contribution < 1.29 is 4.79 Å². The smallest absolute Gasteiger partial charge is 0.253 e. The number of nitrogen functional groups attached to an aromatic ring is 1. The van der Waals surface area contributed by atoms with Crippen LogP contribution in [0.2, 0.25) is 0 Å². The van der Waals surface area contributed by atoms with Crippen LogP contribution in [0.3, 0.4) is 0 Å². The summed E-state index contributed by atoms with van der Waals surface area (Å²) in [5.41, 5.74) is 8.62. The van der Waals surface area contributed by atoms with Gasteiger partial charge >= 0.3 is 0 Å². The number of nitrogens with two attached hydrogens (primary N) is 1. The number of carbonyl (C=O) groups is 1. The number of aryl methyl sites for hydroxylation is 1. The third kappa shape index (κ3) is 3.14.